The quantitative estimate of drug-likeness (QED) is 0.685. The summed E-state index contributed by atoms with van der Waals surface area (Å²) >= 11 is 0. The molecule has 11 heteroatoms. The third-order valence-corrected chi connectivity index (χ3v) is 7.06. The van der Waals surface area contributed by atoms with Crippen LogP contribution in [0.4, 0.5) is 0 Å². The van der Waals surface area contributed by atoms with Crippen LogP contribution in [0.15, 0.2) is 29.4 Å². The second kappa shape index (κ2) is 7.06. The van der Waals surface area contributed by atoms with E-state index >= 15 is 0 Å². The lowest BCUT2D eigenvalue weighted by atomic mass is 9.67. The van der Waals surface area contributed by atoms with Crippen LogP contribution in [0.1, 0.15) is 44.2 Å². The van der Waals surface area contributed by atoms with Crippen molar-refractivity contribution in [2.45, 2.75) is 45.6 Å². The Labute approximate surface area is 176 Å². The van der Waals surface area contributed by atoms with Crippen molar-refractivity contribution in [1.29, 1.82) is 0 Å². The predicted molar refractivity (Wildman–Crippen MR) is 110 cm³/mol. The van der Waals surface area contributed by atoms with Gasteiger partial charge >= 0.3 is 20.6 Å². The fourth-order valence-electron chi connectivity index (χ4n) is 4.71. The van der Waals surface area contributed by atoms with Crippen LogP contribution in [0, 0.1) is 5.41 Å². The summed E-state index contributed by atoms with van der Waals surface area (Å²) in [7, 11) is -8.21. The topological polar surface area (TPSA) is 148 Å². The summed E-state index contributed by atoms with van der Waals surface area (Å²) in [5.41, 5.74) is 4.24. The van der Waals surface area contributed by atoms with Gasteiger partial charge in [0.15, 0.2) is 5.75 Å². The summed E-state index contributed by atoms with van der Waals surface area (Å²) in [6, 6.07) is 3.44. The molecule has 1 aliphatic heterocycles. The monoisotopic (exact) mass is 456 g/mol. The van der Waals surface area contributed by atoms with E-state index in [9.17, 15) is 16.8 Å². The Hall–Kier alpha value is -1.92. The first kappa shape index (κ1) is 21.3. The fourth-order valence-corrected chi connectivity index (χ4v) is 5.73. The molecule has 9 nitrogen and oxygen atoms in total. The largest absolute Gasteiger partial charge is 0.488 e. The number of hydrogen-bond acceptors (Lipinski definition) is 7. The van der Waals surface area contributed by atoms with Crippen LogP contribution < -0.4 is 19.2 Å². The molecule has 2 atom stereocenters. The number of rotatable bonds is 5. The number of hydrogen-bond donors (Lipinski definition) is 2. The third kappa shape index (κ3) is 3.76. The maximum absolute atomic E-state index is 11.5. The lowest BCUT2D eigenvalue weighted by Gasteiger charge is -2.41. The van der Waals surface area contributed by atoms with Gasteiger partial charge in [0, 0.05) is 17.0 Å². The van der Waals surface area contributed by atoms with Gasteiger partial charge in [-0.05, 0) is 54.0 Å². The second-order valence-corrected chi connectivity index (χ2v) is 10.3. The molecule has 0 radical (unpaired) electrons. The van der Waals surface area contributed by atoms with E-state index in [4.69, 9.17) is 23.4 Å². The van der Waals surface area contributed by atoms with Crippen LogP contribution in [-0.2, 0) is 31.2 Å². The molecule has 3 aliphatic rings. The molecule has 1 aromatic carbocycles. The first-order valence-electron chi connectivity index (χ1n) is 9.57. The van der Waals surface area contributed by atoms with Crippen LogP contribution in [-0.4, -0.2) is 29.5 Å². The highest BCUT2D eigenvalue weighted by atomic mass is 32.2. The van der Waals surface area contributed by atoms with Crippen molar-refractivity contribution in [3.8, 4) is 11.5 Å². The Morgan fingerprint density at radius 2 is 1.90 bits per heavy atom. The second-order valence-electron chi connectivity index (χ2n) is 7.98. The van der Waals surface area contributed by atoms with Crippen molar-refractivity contribution in [3.63, 3.8) is 0 Å². The Morgan fingerprint density at radius 3 is 2.53 bits per heavy atom. The molecule has 4 N–H and O–H groups in total. The van der Waals surface area contributed by atoms with Gasteiger partial charge in [0.05, 0.1) is 6.10 Å². The molecule has 0 amide bonds. The van der Waals surface area contributed by atoms with E-state index in [-0.39, 0.29) is 12.4 Å². The SMILES string of the molecule is CCc1cc2c(cc1OS(N)(=O)=O)OCC1=C2CC[C@@]2(C)C1=CC[C@@H]2OS(N)(=O)=O. The minimum Gasteiger partial charge on any atom is -0.488 e. The van der Waals surface area contributed by atoms with Gasteiger partial charge < -0.3 is 8.92 Å². The van der Waals surface area contributed by atoms with Gasteiger partial charge in [-0.3, -0.25) is 4.18 Å². The van der Waals surface area contributed by atoms with Crippen LogP contribution in [0.3, 0.4) is 0 Å². The molecule has 1 heterocycles. The van der Waals surface area contributed by atoms with E-state index in [0.717, 1.165) is 22.3 Å². The summed E-state index contributed by atoms with van der Waals surface area (Å²) in [5.74, 6) is 0.689. The minimum absolute atomic E-state index is 0.158. The number of aryl methyl sites for hydroxylation is 1. The highest BCUT2D eigenvalue weighted by Gasteiger charge is 2.48. The molecule has 0 spiro atoms. The molecule has 164 valence electrons. The summed E-state index contributed by atoms with van der Waals surface area (Å²) in [6.07, 6.45) is 3.84. The molecule has 0 saturated carbocycles. The fraction of sp³-hybridized carbons (Fsp3) is 0.474. The molecule has 0 fully saturated rings. The van der Waals surface area contributed by atoms with Crippen molar-refractivity contribution >= 4 is 26.2 Å². The van der Waals surface area contributed by atoms with Gasteiger partial charge in [0.1, 0.15) is 12.4 Å². The van der Waals surface area contributed by atoms with Crippen LogP contribution >= 0.6 is 0 Å². The Morgan fingerprint density at radius 1 is 1.17 bits per heavy atom. The van der Waals surface area contributed by atoms with E-state index < -0.39 is 32.1 Å². The molecule has 4 rings (SSSR count). The molecular formula is C19H24N2O7S2. The number of fused-ring (bicyclic) bond motifs is 4. The number of allylic oxidation sites excluding steroid dienone is 1. The molecule has 1 aromatic rings. The lowest BCUT2D eigenvalue weighted by molar-refractivity contribution is 0.101. The molecular weight excluding hydrogens is 432 g/mol. The summed E-state index contributed by atoms with van der Waals surface area (Å²) < 4.78 is 61.8. The molecule has 0 bridgehead atoms. The first-order valence-corrected chi connectivity index (χ1v) is 12.5. The number of benzene rings is 1. The summed E-state index contributed by atoms with van der Waals surface area (Å²) in [6.45, 7) is 4.16. The van der Waals surface area contributed by atoms with Crippen molar-refractivity contribution in [3.05, 3.63) is 40.5 Å². The zero-order valence-electron chi connectivity index (χ0n) is 16.7. The summed E-state index contributed by atoms with van der Waals surface area (Å²) in [5, 5.41) is 10.1. The molecule has 0 saturated heterocycles. The Balaban J connectivity index is 1.75. The standard InChI is InChI=1S/C19H24N2O7S2/c1-3-11-8-13-12-6-7-19(2)15(4-5-18(19)28-30(21,24)25)14(12)10-26-17(13)9-16(11)27-29(20,22)23/h4,8-9,18H,3,5-7,10H2,1-2H3,(H2,20,22,23)(H2,21,24,25)/t18-,19-/m0/s1. The van der Waals surface area contributed by atoms with E-state index in [1.165, 1.54) is 0 Å². The molecule has 30 heavy (non-hydrogen) atoms. The minimum atomic E-state index is -4.15. The van der Waals surface area contributed by atoms with E-state index in [2.05, 4.69) is 0 Å². The van der Waals surface area contributed by atoms with Crippen molar-refractivity contribution in [1.82, 2.24) is 0 Å². The van der Waals surface area contributed by atoms with Crippen molar-refractivity contribution in [2.24, 2.45) is 15.7 Å². The molecule has 0 unspecified atom stereocenters. The Kier molecular flexibility index (Phi) is 5.02. The number of nitrogens with two attached hydrogens (primary N) is 2. The van der Waals surface area contributed by atoms with Gasteiger partial charge in [0.25, 0.3) is 0 Å². The maximum Gasteiger partial charge on any atom is 0.380 e. The molecule has 2 aliphatic carbocycles. The summed E-state index contributed by atoms with van der Waals surface area (Å²) in [4.78, 5) is 0. The normalized spacial score (nSPS) is 25.7. The first-order chi connectivity index (χ1) is 13.9. The van der Waals surface area contributed by atoms with Gasteiger partial charge in [0.2, 0.25) is 0 Å². The third-order valence-electron chi connectivity index (χ3n) is 6.14. The average Bonchev–Trinajstić information content (AvgIpc) is 2.94. The highest BCUT2D eigenvalue weighted by Crippen LogP contribution is 2.56. The van der Waals surface area contributed by atoms with Gasteiger partial charge in [-0.15, -0.1) is 0 Å². The van der Waals surface area contributed by atoms with Gasteiger partial charge in [-0.1, -0.05) is 19.9 Å². The van der Waals surface area contributed by atoms with E-state index in [1.807, 2.05) is 26.0 Å². The Bertz CT molecular complexity index is 1190. The predicted octanol–water partition coefficient (Wildman–Crippen LogP) is 1.70. The zero-order chi connectivity index (χ0) is 21.9. The zero-order valence-corrected chi connectivity index (χ0v) is 18.3. The van der Waals surface area contributed by atoms with Crippen molar-refractivity contribution < 1.29 is 29.9 Å². The van der Waals surface area contributed by atoms with Crippen LogP contribution in [0.25, 0.3) is 5.57 Å². The van der Waals surface area contributed by atoms with Gasteiger partial charge in [-0.2, -0.15) is 22.0 Å². The van der Waals surface area contributed by atoms with Crippen LogP contribution in [0.5, 0.6) is 11.5 Å². The smallest absolute Gasteiger partial charge is 0.380 e. The number of ether oxygens (including phenoxy) is 1. The van der Waals surface area contributed by atoms with Crippen molar-refractivity contribution in [2.75, 3.05) is 6.61 Å². The lowest BCUT2D eigenvalue weighted by Crippen LogP contribution is -2.39. The van der Waals surface area contributed by atoms with E-state index in [1.54, 1.807) is 6.07 Å². The average molecular weight is 457 g/mol. The van der Waals surface area contributed by atoms with Crippen LogP contribution in [0.2, 0.25) is 0 Å². The van der Waals surface area contributed by atoms with E-state index in [0.29, 0.717) is 37.0 Å². The highest BCUT2D eigenvalue weighted by molar-refractivity contribution is 7.84. The van der Waals surface area contributed by atoms with Gasteiger partial charge in [-0.25, -0.2) is 5.14 Å². The molecule has 0 aromatic heterocycles. The maximum atomic E-state index is 11.5.